The third-order valence-electron chi connectivity index (χ3n) is 6.51. The van der Waals surface area contributed by atoms with Gasteiger partial charge in [-0.15, -0.1) is 45.3 Å². The zero-order valence-corrected chi connectivity index (χ0v) is 20.7. The van der Waals surface area contributed by atoms with E-state index < -0.39 is 0 Å². The van der Waals surface area contributed by atoms with E-state index in [1.807, 2.05) is 45.3 Å². The molecular formula is C28H16S4. The highest BCUT2D eigenvalue weighted by molar-refractivity contribution is 7.36. The van der Waals surface area contributed by atoms with Crippen molar-refractivity contribution < 1.29 is 0 Å². The first-order chi connectivity index (χ1) is 15.6. The smallest absolute Gasteiger partial charge is 0.0542 e. The molecular weight excluding hydrogens is 465 g/mol. The van der Waals surface area contributed by atoms with Crippen LogP contribution in [0.2, 0.25) is 0 Å². The van der Waals surface area contributed by atoms with Crippen molar-refractivity contribution in [2.75, 3.05) is 0 Å². The summed E-state index contributed by atoms with van der Waals surface area (Å²) >= 11 is 7.69. The maximum Gasteiger partial charge on any atom is 0.0542 e. The van der Waals surface area contributed by atoms with Crippen LogP contribution >= 0.6 is 45.3 Å². The van der Waals surface area contributed by atoms with Crippen LogP contribution in [0.25, 0.3) is 71.3 Å². The molecule has 0 bridgehead atoms. The topological polar surface area (TPSA) is 0 Å². The van der Waals surface area contributed by atoms with Crippen molar-refractivity contribution in [3.05, 3.63) is 70.4 Å². The molecule has 0 aliphatic carbocycles. The minimum Gasteiger partial charge on any atom is -0.141 e. The summed E-state index contributed by atoms with van der Waals surface area (Å²) in [5, 5.41) is 10.9. The fraction of sp³-hybridized carbons (Fsp3) is 0.0714. The van der Waals surface area contributed by atoms with Crippen LogP contribution in [0, 0.1) is 13.8 Å². The van der Waals surface area contributed by atoms with E-state index in [9.17, 15) is 0 Å². The predicted octanol–water partition coefficient (Wildman–Crippen LogP) is 10.6. The molecule has 4 heterocycles. The van der Waals surface area contributed by atoms with Crippen molar-refractivity contribution in [1.82, 2.24) is 0 Å². The Balaban J connectivity index is 1.45. The molecule has 0 nitrogen and oxygen atoms in total. The van der Waals surface area contributed by atoms with E-state index >= 15 is 0 Å². The number of hydrogen-bond acceptors (Lipinski definition) is 4. The lowest BCUT2D eigenvalue weighted by molar-refractivity contribution is 1.66. The van der Waals surface area contributed by atoms with Gasteiger partial charge < -0.3 is 0 Å². The molecule has 0 saturated carbocycles. The minimum absolute atomic E-state index is 1.35. The van der Waals surface area contributed by atoms with Crippen LogP contribution in [0.1, 0.15) is 9.75 Å². The Hall–Kier alpha value is -2.50. The standard InChI is InChI=1S/C28H16S4/c1-13-3-19-5-15-7-21-25(11-17(15)9-23(19)29-13)31-28-22-8-16-6-20-4-14(2)30-24(20)10-18(16)12-26(22)32-27(21)28/h3-12H,1-2H3. The van der Waals surface area contributed by atoms with Crippen LogP contribution in [0.15, 0.2) is 60.7 Å². The van der Waals surface area contributed by atoms with E-state index in [1.165, 1.54) is 81.0 Å². The number of benzene rings is 4. The van der Waals surface area contributed by atoms with E-state index in [4.69, 9.17) is 0 Å². The second-order valence-electron chi connectivity index (χ2n) is 8.75. The van der Waals surface area contributed by atoms with Gasteiger partial charge in [0.1, 0.15) is 0 Å². The summed E-state index contributed by atoms with van der Waals surface area (Å²) in [7, 11) is 0. The maximum atomic E-state index is 2.42. The summed E-state index contributed by atoms with van der Waals surface area (Å²) in [6.07, 6.45) is 0. The van der Waals surface area contributed by atoms with E-state index in [-0.39, 0.29) is 0 Å². The molecule has 0 atom stereocenters. The first kappa shape index (κ1) is 18.0. The van der Waals surface area contributed by atoms with Crippen molar-refractivity contribution in [1.29, 1.82) is 0 Å². The van der Waals surface area contributed by atoms with E-state index in [1.54, 1.807) is 0 Å². The third kappa shape index (κ3) is 2.41. The summed E-state index contributed by atoms with van der Waals surface area (Å²) in [6.45, 7) is 4.40. The zero-order chi connectivity index (χ0) is 21.1. The highest BCUT2D eigenvalue weighted by Crippen LogP contribution is 2.47. The SMILES string of the molecule is Cc1cc2cc3cc4c(cc3cc2s1)sc1c2cc3cc5cc(C)sc5cc3cc2sc41. The molecule has 0 radical (unpaired) electrons. The number of rotatable bonds is 0. The molecule has 32 heavy (non-hydrogen) atoms. The average Bonchev–Trinajstić information content (AvgIpc) is 3.48. The van der Waals surface area contributed by atoms with E-state index in [0.717, 1.165) is 0 Å². The molecule has 4 aromatic carbocycles. The van der Waals surface area contributed by atoms with Gasteiger partial charge in [0.15, 0.2) is 0 Å². The summed E-state index contributed by atoms with van der Waals surface area (Å²) < 4.78 is 8.46. The normalized spacial score (nSPS) is 12.7. The Morgan fingerprint density at radius 3 is 1.25 bits per heavy atom. The summed E-state index contributed by atoms with van der Waals surface area (Å²) in [5.74, 6) is 0. The number of aryl methyl sites for hydroxylation is 2. The second kappa shape index (κ2) is 6.09. The quantitative estimate of drug-likeness (QED) is 0.202. The Labute approximate surface area is 199 Å². The molecule has 0 aliphatic heterocycles. The fourth-order valence-electron chi connectivity index (χ4n) is 5.09. The molecule has 4 aromatic heterocycles. The van der Waals surface area contributed by atoms with Gasteiger partial charge in [-0.3, -0.25) is 0 Å². The highest BCUT2D eigenvalue weighted by Gasteiger charge is 2.15. The van der Waals surface area contributed by atoms with E-state index in [2.05, 4.69) is 74.5 Å². The van der Waals surface area contributed by atoms with Crippen LogP contribution in [0.3, 0.4) is 0 Å². The predicted molar refractivity (Wildman–Crippen MR) is 150 cm³/mol. The first-order valence-corrected chi connectivity index (χ1v) is 13.9. The molecule has 152 valence electrons. The van der Waals surface area contributed by atoms with Gasteiger partial charge in [-0.05, 0) is 107 Å². The van der Waals surface area contributed by atoms with Gasteiger partial charge in [0, 0.05) is 39.3 Å². The van der Waals surface area contributed by atoms with Crippen molar-refractivity contribution >= 4 is 117 Å². The minimum atomic E-state index is 1.35. The Morgan fingerprint density at radius 1 is 0.375 bits per heavy atom. The van der Waals surface area contributed by atoms with Gasteiger partial charge >= 0.3 is 0 Å². The van der Waals surface area contributed by atoms with Gasteiger partial charge in [0.2, 0.25) is 0 Å². The molecule has 0 saturated heterocycles. The molecule has 0 N–H and O–H groups in total. The van der Waals surface area contributed by atoms with Gasteiger partial charge in [0.25, 0.3) is 0 Å². The van der Waals surface area contributed by atoms with E-state index in [0.29, 0.717) is 0 Å². The average molecular weight is 481 g/mol. The van der Waals surface area contributed by atoms with Crippen LogP contribution in [0.4, 0.5) is 0 Å². The van der Waals surface area contributed by atoms with Crippen molar-refractivity contribution in [2.45, 2.75) is 13.8 Å². The van der Waals surface area contributed by atoms with Gasteiger partial charge in [-0.1, -0.05) is 0 Å². The van der Waals surface area contributed by atoms with Crippen LogP contribution < -0.4 is 0 Å². The maximum absolute atomic E-state index is 2.42. The largest absolute Gasteiger partial charge is 0.141 e. The summed E-state index contributed by atoms with van der Waals surface area (Å²) in [5.41, 5.74) is 0. The third-order valence-corrected chi connectivity index (χ3v) is 11.0. The molecule has 0 unspecified atom stereocenters. The summed E-state index contributed by atoms with van der Waals surface area (Å²) in [4.78, 5) is 2.76. The Kier molecular flexibility index (Phi) is 3.42. The lowest BCUT2D eigenvalue weighted by Crippen LogP contribution is -1.73. The first-order valence-electron chi connectivity index (χ1n) is 10.7. The molecule has 0 aliphatic rings. The second-order valence-corrected chi connectivity index (χ2v) is 13.4. The van der Waals surface area contributed by atoms with Crippen molar-refractivity contribution in [3.8, 4) is 0 Å². The van der Waals surface area contributed by atoms with Crippen molar-refractivity contribution in [2.24, 2.45) is 0 Å². The van der Waals surface area contributed by atoms with Crippen LogP contribution in [0.5, 0.6) is 0 Å². The molecule has 0 fully saturated rings. The van der Waals surface area contributed by atoms with Crippen molar-refractivity contribution in [3.63, 3.8) is 0 Å². The molecule has 0 spiro atoms. The molecule has 8 rings (SSSR count). The zero-order valence-electron chi connectivity index (χ0n) is 17.4. The van der Waals surface area contributed by atoms with Gasteiger partial charge in [-0.2, -0.15) is 0 Å². The Morgan fingerprint density at radius 2 is 0.781 bits per heavy atom. The Bertz CT molecular complexity index is 1910. The highest BCUT2D eigenvalue weighted by atomic mass is 32.1. The lowest BCUT2D eigenvalue weighted by Gasteiger charge is -2.00. The van der Waals surface area contributed by atoms with Gasteiger partial charge in [0.05, 0.1) is 9.40 Å². The van der Waals surface area contributed by atoms with Gasteiger partial charge in [-0.25, -0.2) is 0 Å². The summed E-state index contributed by atoms with van der Waals surface area (Å²) in [6, 6.07) is 23.7. The monoisotopic (exact) mass is 480 g/mol. The molecule has 4 heteroatoms. The number of thiophene rings is 4. The number of fused-ring (bicyclic) bond motifs is 9. The lowest BCUT2D eigenvalue weighted by atomic mass is 10.1. The van der Waals surface area contributed by atoms with Crippen LogP contribution in [-0.2, 0) is 0 Å². The molecule has 8 aromatic rings. The van der Waals surface area contributed by atoms with Crippen LogP contribution in [-0.4, -0.2) is 0 Å². The molecule has 0 amide bonds. The number of hydrogen-bond donors (Lipinski definition) is 0. The fourth-order valence-corrected chi connectivity index (χ4v) is 9.69.